The highest BCUT2D eigenvalue weighted by Crippen LogP contribution is 2.32. The molecule has 0 spiro atoms. The van der Waals surface area contributed by atoms with Crippen LogP contribution in [-0.4, -0.2) is 17.2 Å². The van der Waals surface area contributed by atoms with E-state index in [1.54, 1.807) is 0 Å². The largest absolute Gasteiger partial charge is 0.423 e. The van der Waals surface area contributed by atoms with Crippen molar-refractivity contribution in [2.45, 2.75) is 44.1 Å². The summed E-state index contributed by atoms with van der Waals surface area (Å²) in [6, 6.07) is 10.2. The fraction of sp³-hybridized carbons (Fsp3) is 0.500. The maximum atomic E-state index is 5.95. The third kappa shape index (κ3) is 2.75. The van der Waals surface area contributed by atoms with Crippen LogP contribution in [-0.2, 0) is 0 Å². The normalized spacial score (nSPS) is 18.1. The van der Waals surface area contributed by atoms with E-state index < -0.39 is 0 Å². The van der Waals surface area contributed by atoms with E-state index in [1.807, 2.05) is 25.2 Å². The molecule has 1 saturated carbocycles. The van der Waals surface area contributed by atoms with Gasteiger partial charge in [0.25, 0.3) is 0 Å². The first-order valence-corrected chi connectivity index (χ1v) is 7.44. The van der Waals surface area contributed by atoms with Crippen LogP contribution in [0.3, 0.4) is 0 Å². The van der Waals surface area contributed by atoms with E-state index in [2.05, 4.69) is 27.6 Å². The molecule has 0 radical (unpaired) electrons. The monoisotopic (exact) mass is 271 g/mol. The van der Waals surface area contributed by atoms with Gasteiger partial charge in [-0.25, -0.2) is 0 Å². The van der Waals surface area contributed by atoms with E-state index in [0.29, 0.717) is 11.8 Å². The summed E-state index contributed by atoms with van der Waals surface area (Å²) >= 11 is 0. The Hall–Kier alpha value is -1.68. The summed E-state index contributed by atoms with van der Waals surface area (Å²) in [6.07, 6.45) is 6.24. The maximum Gasteiger partial charge on any atom is 0.237 e. The lowest BCUT2D eigenvalue weighted by Crippen LogP contribution is -2.17. The molecule has 106 valence electrons. The molecule has 1 aliphatic carbocycles. The van der Waals surface area contributed by atoms with Gasteiger partial charge in [0.15, 0.2) is 0 Å². The Morgan fingerprint density at radius 1 is 1.10 bits per heavy atom. The van der Waals surface area contributed by atoms with Crippen LogP contribution < -0.4 is 5.32 Å². The fourth-order valence-corrected chi connectivity index (χ4v) is 2.96. The average molecular weight is 271 g/mol. The van der Waals surface area contributed by atoms with E-state index >= 15 is 0 Å². The van der Waals surface area contributed by atoms with Gasteiger partial charge in [-0.05, 0) is 25.5 Å². The zero-order chi connectivity index (χ0) is 13.8. The first-order chi connectivity index (χ1) is 9.88. The van der Waals surface area contributed by atoms with Crippen molar-refractivity contribution < 1.29 is 4.42 Å². The van der Waals surface area contributed by atoms with Gasteiger partial charge < -0.3 is 9.73 Å². The van der Waals surface area contributed by atoms with Crippen LogP contribution in [0.1, 0.15) is 61.4 Å². The third-order valence-corrected chi connectivity index (χ3v) is 4.08. The van der Waals surface area contributed by atoms with Gasteiger partial charge in [0.1, 0.15) is 6.04 Å². The van der Waals surface area contributed by atoms with E-state index in [4.69, 9.17) is 4.42 Å². The number of nitrogens with zero attached hydrogens (tertiary/aromatic N) is 2. The highest BCUT2D eigenvalue weighted by molar-refractivity contribution is 5.23. The Kier molecular flexibility index (Phi) is 4.11. The summed E-state index contributed by atoms with van der Waals surface area (Å²) in [5.41, 5.74) is 1.15. The van der Waals surface area contributed by atoms with Gasteiger partial charge in [-0.1, -0.05) is 49.6 Å². The molecule has 1 aliphatic rings. The first-order valence-electron chi connectivity index (χ1n) is 7.44. The Morgan fingerprint density at radius 2 is 1.85 bits per heavy atom. The first kappa shape index (κ1) is 13.3. The molecular weight excluding hydrogens is 250 g/mol. The number of rotatable bonds is 4. The minimum atomic E-state index is -0.0268. The average Bonchev–Trinajstić information content (AvgIpc) is 3.00. The van der Waals surface area contributed by atoms with Crippen LogP contribution in [0.5, 0.6) is 0 Å². The van der Waals surface area contributed by atoms with Gasteiger partial charge in [-0.3, -0.25) is 0 Å². The van der Waals surface area contributed by atoms with E-state index in [-0.39, 0.29) is 6.04 Å². The minimum Gasteiger partial charge on any atom is -0.423 e. The number of hydrogen-bond acceptors (Lipinski definition) is 4. The van der Waals surface area contributed by atoms with Crippen LogP contribution >= 0.6 is 0 Å². The van der Waals surface area contributed by atoms with Crippen LogP contribution in [0.25, 0.3) is 0 Å². The summed E-state index contributed by atoms with van der Waals surface area (Å²) in [5, 5.41) is 11.8. The molecule has 0 bridgehead atoms. The lowest BCUT2D eigenvalue weighted by molar-refractivity contribution is 0.341. The van der Waals surface area contributed by atoms with E-state index in [0.717, 1.165) is 11.5 Å². The van der Waals surface area contributed by atoms with Gasteiger partial charge in [0.05, 0.1) is 0 Å². The molecular formula is C16H21N3O. The van der Waals surface area contributed by atoms with Crippen molar-refractivity contribution in [1.82, 2.24) is 15.5 Å². The molecule has 1 N–H and O–H groups in total. The number of aromatic nitrogens is 2. The van der Waals surface area contributed by atoms with Crippen molar-refractivity contribution in [3.05, 3.63) is 47.7 Å². The van der Waals surface area contributed by atoms with E-state index in [9.17, 15) is 0 Å². The third-order valence-electron chi connectivity index (χ3n) is 4.08. The van der Waals surface area contributed by atoms with Crippen LogP contribution in [0, 0.1) is 0 Å². The molecule has 1 heterocycles. The van der Waals surface area contributed by atoms with Crippen molar-refractivity contribution in [3.63, 3.8) is 0 Å². The van der Waals surface area contributed by atoms with Gasteiger partial charge >= 0.3 is 0 Å². The zero-order valence-corrected chi connectivity index (χ0v) is 11.9. The Balaban J connectivity index is 1.81. The molecule has 0 aliphatic heterocycles. The molecule has 1 aromatic carbocycles. The second-order valence-corrected chi connectivity index (χ2v) is 5.45. The highest BCUT2D eigenvalue weighted by atomic mass is 16.4. The van der Waals surface area contributed by atoms with Crippen molar-refractivity contribution in [2.75, 3.05) is 7.05 Å². The number of nitrogens with one attached hydrogen (secondary N) is 1. The van der Waals surface area contributed by atoms with Gasteiger partial charge in [0.2, 0.25) is 11.8 Å². The lowest BCUT2D eigenvalue weighted by Gasteiger charge is -2.17. The molecule has 0 saturated heterocycles. The predicted molar refractivity (Wildman–Crippen MR) is 77.5 cm³/mol. The summed E-state index contributed by atoms with van der Waals surface area (Å²) in [7, 11) is 1.92. The highest BCUT2D eigenvalue weighted by Gasteiger charge is 2.24. The maximum absolute atomic E-state index is 5.95. The molecule has 0 amide bonds. The van der Waals surface area contributed by atoms with Crippen molar-refractivity contribution in [2.24, 2.45) is 0 Å². The smallest absolute Gasteiger partial charge is 0.237 e. The van der Waals surface area contributed by atoms with Gasteiger partial charge in [0, 0.05) is 5.92 Å². The number of benzene rings is 1. The molecule has 4 heteroatoms. The minimum absolute atomic E-state index is 0.0268. The Bertz CT molecular complexity index is 532. The molecule has 4 nitrogen and oxygen atoms in total. The molecule has 1 fully saturated rings. The second-order valence-electron chi connectivity index (χ2n) is 5.45. The van der Waals surface area contributed by atoms with Gasteiger partial charge in [-0.15, -0.1) is 10.2 Å². The molecule has 2 aromatic rings. The van der Waals surface area contributed by atoms with Crippen LogP contribution in [0.4, 0.5) is 0 Å². The standard InChI is InChI=1S/C16H21N3O/c1-17-14(12-8-4-2-5-9-12)16-19-18-15(20-16)13-10-6-3-7-11-13/h2,4-5,8-9,13-14,17H,3,6-7,10-11H2,1H3. The summed E-state index contributed by atoms with van der Waals surface area (Å²) < 4.78 is 5.95. The molecule has 1 aromatic heterocycles. The molecule has 1 unspecified atom stereocenters. The second kappa shape index (κ2) is 6.18. The molecule has 1 atom stereocenters. The fourth-order valence-electron chi connectivity index (χ4n) is 2.96. The van der Waals surface area contributed by atoms with E-state index in [1.165, 1.54) is 32.1 Å². The predicted octanol–water partition coefficient (Wildman–Crippen LogP) is 3.43. The summed E-state index contributed by atoms with van der Waals surface area (Å²) in [4.78, 5) is 0. The number of hydrogen-bond donors (Lipinski definition) is 1. The van der Waals surface area contributed by atoms with Crippen molar-refractivity contribution in [1.29, 1.82) is 0 Å². The molecule has 20 heavy (non-hydrogen) atoms. The topological polar surface area (TPSA) is 51.0 Å². The Morgan fingerprint density at radius 3 is 2.55 bits per heavy atom. The quantitative estimate of drug-likeness (QED) is 0.925. The lowest BCUT2D eigenvalue weighted by atomic mass is 9.89. The molecule has 3 rings (SSSR count). The van der Waals surface area contributed by atoms with Gasteiger partial charge in [-0.2, -0.15) is 0 Å². The van der Waals surface area contributed by atoms with Crippen molar-refractivity contribution >= 4 is 0 Å². The van der Waals surface area contributed by atoms with Crippen molar-refractivity contribution in [3.8, 4) is 0 Å². The summed E-state index contributed by atoms with van der Waals surface area (Å²) in [5.74, 6) is 1.94. The van der Waals surface area contributed by atoms with Crippen LogP contribution in [0.15, 0.2) is 34.7 Å². The Labute approximate surface area is 119 Å². The van der Waals surface area contributed by atoms with Crippen LogP contribution in [0.2, 0.25) is 0 Å². The zero-order valence-electron chi connectivity index (χ0n) is 11.9. The summed E-state index contributed by atoms with van der Waals surface area (Å²) in [6.45, 7) is 0. The SMILES string of the molecule is CNC(c1ccccc1)c1nnc(C2CCCCC2)o1.